The lowest BCUT2D eigenvalue weighted by molar-refractivity contribution is -0.147. The standard InChI is InChI=1S/C16H24O6/c1-10(5-4-6-11(2)18)14(19)7-12-13(9-21-3)16(20)22-15(12)8-17/h8,10,12-13,15H,4-7,9H2,1-3H3/t10-,12?,13?,15+/m0/s1. The van der Waals surface area contributed by atoms with Crippen molar-refractivity contribution in [1.29, 1.82) is 0 Å². The second-order valence-electron chi connectivity index (χ2n) is 5.93. The van der Waals surface area contributed by atoms with E-state index in [1.807, 2.05) is 0 Å². The molecule has 0 spiro atoms. The van der Waals surface area contributed by atoms with E-state index in [1.165, 1.54) is 14.0 Å². The Morgan fingerprint density at radius 3 is 2.64 bits per heavy atom. The minimum Gasteiger partial charge on any atom is -0.454 e. The van der Waals surface area contributed by atoms with Crippen molar-refractivity contribution in [3.8, 4) is 0 Å². The van der Waals surface area contributed by atoms with Gasteiger partial charge in [0.05, 0.1) is 12.5 Å². The van der Waals surface area contributed by atoms with Gasteiger partial charge in [-0.2, -0.15) is 0 Å². The van der Waals surface area contributed by atoms with E-state index in [0.29, 0.717) is 25.5 Å². The molecule has 1 heterocycles. The summed E-state index contributed by atoms with van der Waals surface area (Å²) in [6.45, 7) is 3.47. The van der Waals surface area contributed by atoms with Gasteiger partial charge in [0.2, 0.25) is 0 Å². The van der Waals surface area contributed by atoms with E-state index >= 15 is 0 Å². The fourth-order valence-electron chi connectivity index (χ4n) is 2.72. The van der Waals surface area contributed by atoms with Gasteiger partial charge in [-0.1, -0.05) is 6.92 Å². The second kappa shape index (κ2) is 8.78. The van der Waals surface area contributed by atoms with E-state index in [2.05, 4.69) is 0 Å². The molecule has 1 saturated heterocycles. The Kier molecular flexibility index (Phi) is 7.38. The van der Waals surface area contributed by atoms with Gasteiger partial charge < -0.3 is 14.3 Å². The third kappa shape index (κ3) is 5.02. The maximum Gasteiger partial charge on any atom is 0.312 e. The number of carbonyl (C=O) groups is 4. The first kappa shape index (κ1) is 18.5. The Hall–Kier alpha value is -1.56. The van der Waals surface area contributed by atoms with E-state index in [1.54, 1.807) is 6.92 Å². The smallest absolute Gasteiger partial charge is 0.312 e. The van der Waals surface area contributed by atoms with E-state index in [0.717, 1.165) is 0 Å². The average Bonchev–Trinajstić information content (AvgIpc) is 2.75. The van der Waals surface area contributed by atoms with Crippen LogP contribution in [-0.2, 0) is 28.7 Å². The molecule has 6 heteroatoms. The fraction of sp³-hybridized carbons (Fsp3) is 0.750. The number of carbonyl (C=O) groups excluding carboxylic acids is 4. The number of rotatable bonds is 10. The molecule has 22 heavy (non-hydrogen) atoms. The topological polar surface area (TPSA) is 86.7 Å². The highest BCUT2D eigenvalue weighted by molar-refractivity contribution is 5.85. The van der Waals surface area contributed by atoms with Gasteiger partial charge in [0.15, 0.2) is 12.4 Å². The summed E-state index contributed by atoms with van der Waals surface area (Å²) < 4.78 is 9.98. The van der Waals surface area contributed by atoms with Crippen molar-refractivity contribution in [2.75, 3.05) is 13.7 Å². The molecule has 6 nitrogen and oxygen atoms in total. The van der Waals surface area contributed by atoms with E-state index in [-0.39, 0.29) is 30.5 Å². The molecule has 1 fully saturated rings. The zero-order chi connectivity index (χ0) is 16.7. The highest BCUT2D eigenvalue weighted by Crippen LogP contribution is 2.32. The van der Waals surface area contributed by atoms with Gasteiger partial charge in [0, 0.05) is 31.8 Å². The molecule has 0 saturated carbocycles. The molecule has 4 atom stereocenters. The zero-order valence-corrected chi connectivity index (χ0v) is 13.4. The molecule has 0 aromatic rings. The van der Waals surface area contributed by atoms with Crippen LogP contribution in [-0.4, -0.2) is 43.6 Å². The van der Waals surface area contributed by atoms with Crippen LogP contribution in [0.3, 0.4) is 0 Å². The summed E-state index contributed by atoms with van der Waals surface area (Å²) in [5.74, 6) is -1.64. The number of hydrogen-bond donors (Lipinski definition) is 0. The lowest BCUT2D eigenvalue weighted by Gasteiger charge is -2.18. The van der Waals surface area contributed by atoms with E-state index in [4.69, 9.17) is 9.47 Å². The first-order valence-electron chi connectivity index (χ1n) is 7.57. The molecule has 0 bridgehead atoms. The first-order valence-corrected chi connectivity index (χ1v) is 7.57. The van der Waals surface area contributed by atoms with Crippen molar-refractivity contribution in [2.24, 2.45) is 17.8 Å². The molecule has 0 aliphatic carbocycles. The minimum atomic E-state index is -0.874. The Morgan fingerprint density at radius 1 is 1.41 bits per heavy atom. The Balaban J connectivity index is 2.60. The van der Waals surface area contributed by atoms with E-state index in [9.17, 15) is 19.2 Å². The third-order valence-corrected chi connectivity index (χ3v) is 4.13. The van der Waals surface area contributed by atoms with Gasteiger partial charge in [-0.3, -0.25) is 14.4 Å². The normalized spacial score (nSPS) is 25.6. The van der Waals surface area contributed by atoms with Gasteiger partial charge >= 0.3 is 5.97 Å². The van der Waals surface area contributed by atoms with Crippen molar-refractivity contribution in [1.82, 2.24) is 0 Å². The van der Waals surface area contributed by atoms with Crippen LogP contribution in [0.25, 0.3) is 0 Å². The van der Waals surface area contributed by atoms with Gasteiger partial charge in [-0.15, -0.1) is 0 Å². The third-order valence-electron chi connectivity index (χ3n) is 4.13. The highest BCUT2D eigenvalue weighted by atomic mass is 16.6. The Labute approximate surface area is 130 Å². The average molecular weight is 312 g/mol. The van der Waals surface area contributed by atoms with Crippen LogP contribution in [0.2, 0.25) is 0 Å². The molecule has 2 unspecified atom stereocenters. The fourth-order valence-corrected chi connectivity index (χ4v) is 2.72. The summed E-state index contributed by atoms with van der Waals surface area (Å²) in [7, 11) is 1.46. The number of cyclic esters (lactones) is 1. The number of hydrogen-bond acceptors (Lipinski definition) is 6. The van der Waals surface area contributed by atoms with Crippen LogP contribution in [0.1, 0.15) is 39.5 Å². The SMILES string of the molecule is COCC1C(=O)O[C@H](C=O)C1CC(=O)[C@@H](C)CCCC(C)=O. The molecule has 0 radical (unpaired) electrons. The van der Waals surface area contributed by atoms with Crippen LogP contribution in [0.15, 0.2) is 0 Å². The van der Waals surface area contributed by atoms with Crippen LogP contribution in [0.5, 0.6) is 0 Å². The van der Waals surface area contributed by atoms with Crippen molar-refractivity contribution >= 4 is 23.8 Å². The summed E-state index contributed by atoms with van der Waals surface area (Å²) in [4.78, 5) is 46.0. The van der Waals surface area contributed by atoms with Crippen molar-refractivity contribution in [3.05, 3.63) is 0 Å². The minimum absolute atomic E-state index is 0.0141. The molecule has 0 aromatic carbocycles. The van der Waals surface area contributed by atoms with Gasteiger partial charge in [0.25, 0.3) is 0 Å². The maximum absolute atomic E-state index is 12.3. The number of Topliss-reactive ketones (excluding diaryl/α,β-unsaturated/α-hetero) is 2. The predicted octanol–water partition coefficient (Wildman–Crippen LogP) is 1.34. The molecule has 124 valence electrons. The zero-order valence-electron chi connectivity index (χ0n) is 13.4. The summed E-state index contributed by atoms with van der Waals surface area (Å²) in [5, 5.41) is 0. The predicted molar refractivity (Wildman–Crippen MR) is 78.1 cm³/mol. The molecule has 1 rings (SSSR count). The maximum atomic E-state index is 12.3. The molecule has 1 aliphatic rings. The molecule has 0 amide bonds. The number of ether oxygens (including phenoxy) is 2. The van der Waals surface area contributed by atoms with Gasteiger partial charge in [-0.25, -0.2) is 0 Å². The van der Waals surface area contributed by atoms with Crippen LogP contribution in [0, 0.1) is 17.8 Å². The summed E-state index contributed by atoms with van der Waals surface area (Å²) in [6.07, 6.45) is 1.57. The summed E-state index contributed by atoms with van der Waals surface area (Å²) in [6, 6.07) is 0. The monoisotopic (exact) mass is 312 g/mol. The van der Waals surface area contributed by atoms with Crippen molar-refractivity contribution in [3.63, 3.8) is 0 Å². The first-order chi connectivity index (χ1) is 10.4. The highest BCUT2D eigenvalue weighted by Gasteiger charge is 2.45. The van der Waals surface area contributed by atoms with E-state index < -0.39 is 23.9 Å². The molecule has 1 aliphatic heterocycles. The molecule has 0 aromatic heterocycles. The molecule has 0 N–H and O–H groups in total. The summed E-state index contributed by atoms with van der Waals surface area (Å²) >= 11 is 0. The molecular formula is C16H24O6. The largest absolute Gasteiger partial charge is 0.454 e. The van der Waals surface area contributed by atoms with Crippen molar-refractivity contribution in [2.45, 2.75) is 45.6 Å². The summed E-state index contributed by atoms with van der Waals surface area (Å²) in [5.41, 5.74) is 0. The van der Waals surface area contributed by atoms with Gasteiger partial charge in [-0.05, 0) is 19.8 Å². The Bertz CT molecular complexity index is 430. The van der Waals surface area contributed by atoms with Crippen LogP contribution >= 0.6 is 0 Å². The number of methoxy groups -OCH3 is 1. The Morgan fingerprint density at radius 2 is 2.09 bits per heavy atom. The quantitative estimate of drug-likeness (QED) is 0.447. The lowest BCUT2D eigenvalue weighted by Crippen LogP contribution is -2.29. The van der Waals surface area contributed by atoms with Crippen LogP contribution in [0.4, 0.5) is 0 Å². The van der Waals surface area contributed by atoms with Crippen molar-refractivity contribution < 1.29 is 28.7 Å². The number of ketones is 2. The second-order valence-corrected chi connectivity index (χ2v) is 5.93. The lowest BCUT2D eigenvalue weighted by atomic mass is 9.83. The number of esters is 1. The molecular weight excluding hydrogens is 288 g/mol. The van der Waals surface area contributed by atoms with Gasteiger partial charge in [0.1, 0.15) is 11.6 Å². The van der Waals surface area contributed by atoms with Crippen LogP contribution < -0.4 is 0 Å². The number of aldehydes is 1.